The molecule has 1 fully saturated rings. The van der Waals surface area contributed by atoms with E-state index in [0.717, 1.165) is 30.3 Å². The molecule has 0 aliphatic carbocycles. The number of amides is 1. The van der Waals surface area contributed by atoms with Crippen LogP contribution in [0.4, 0.5) is 17.3 Å². The summed E-state index contributed by atoms with van der Waals surface area (Å²) in [6, 6.07) is 4.66. The van der Waals surface area contributed by atoms with E-state index in [4.69, 9.17) is 4.74 Å². The maximum Gasteiger partial charge on any atom is 0.269 e. The second-order valence-electron chi connectivity index (χ2n) is 6.78. The fourth-order valence-electron chi connectivity index (χ4n) is 3.63. The Morgan fingerprint density at radius 3 is 2.79 bits per heavy atom. The summed E-state index contributed by atoms with van der Waals surface area (Å²) in [6.07, 6.45) is 0.625. The Hall–Kier alpha value is -2.66. The number of benzene rings is 1. The number of nitro benzene ring substituents is 1. The molecule has 1 saturated heterocycles. The summed E-state index contributed by atoms with van der Waals surface area (Å²) < 4.78 is 7.41. The van der Waals surface area contributed by atoms with E-state index in [9.17, 15) is 14.9 Å². The molecule has 154 valence electrons. The molecule has 1 amide bonds. The number of carbonyl (C=O) groups is 1. The van der Waals surface area contributed by atoms with Gasteiger partial charge in [0.1, 0.15) is 0 Å². The van der Waals surface area contributed by atoms with E-state index in [1.807, 2.05) is 11.5 Å². The van der Waals surface area contributed by atoms with Gasteiger partial charge in [-0.15, -0.1) is 10.2 Å². The zero-order chi connectivity index (χ0) is 20.4. The number of nitro groups is 1. The first-order valence-electron chi connectivity index (χ1n) is 9.55. The van der Waals surface area contributed by atoms with E-state index in [1.165, 1.54) is 17.8 Å². The molecule has 2 aliphatic heterocycles. The summed E-state index contributed by atoms with van der Waals surface area (Å²) in [6.45, 7) is 6.18. The second-order valence-corrected chi connectivity index (χ2v) is 7.72. The molecule has 1 aromatic carbocycles. The van der Waals surface area contributed by atoms with Crippen LogP contribution in [0.3, 0.4) is 0 Å². The van der Waals surface area contributed by atoms with Crippen molar-refractivity contribution >= 4 is 35.0 Å². The SMILES string of the molecule is CCn1c(SCC(=O)N2CCc3cc([N+](=O)[O-])ccc32)nnc1N1CCOCC1. The van der Waals surface area contributed by atoms with E-state index in [1.54, 1.807) is 17.0 Å². The topological polar surface area (TPSA) is 107 Å². The molecule has 29 heavy (non-hydrogen) atoms. The smallest absolute Gasteiger partial charge is 0.269 e. The number of hydrogen-bond donors (Lipinski definition) is 0. The van der Waals surface area contributed by atoms with Gasteiger partial charge < -0.3 is 14.5 Å². The Balaban J connectivity index is 1.43. The molecule has 0 atom stereocenters. The summed E-state index contributed by atoms with van der Waals surface area (Å²) in [5.41, 5.74) is 1.65. The fraction of sp³-hybridized carbons (Fsp3) is 0.500. The lowest BCUT2D eigenvalue weighted by Crippen LogP contribution is -2.38. The molecule has 0 N–H and O–H groups in total. The summed E-state index contributed by atoms with van der Waals surface area (Å²) >= 11 is 1.37. The van der Waals surface area contributed by atoms with Gasteiger partial charge >= 0.3 is 0 Å². The van der Waals surface area contributed by atoms with Crippen molar-refractivity contribution in [3.8, 4) is 0 Å². The molecule has 0 bridgehead atoms. The summed E-state index contributed by atoms with van der Waals surface area (Å²) in [5, 5.41) is 20.3. The largest absolute Gasteiger partial charge is 0.378 e. The molecule has 0 saturated carbocycles. The normalized spacial score (nSPS) is 16.2. The van der Waals surface area contributed by atoms with Gasteiger partial charge in [0.25, 0.3) is 5.69 Å². The Morgan fingerprint density at radius 2 is 2.07 bits per heavy atom. The Labute approximate surface area is 172 Å². The number of morpholine rings is 1. The molecule has 2 aliphatic rings. The number of rotatable bonds is 6. The van der Waals surface area contributed by atoms with Crippen LogP contribution in [0.25, 0.3) is 0 Å². The van der Waals surface area contributed by atoms with Gasteiger partial charge in [0.2, 0.25) is 11.9 Å². The average Bonchev–Trinajstić information content (AvgIpc) is 3.35. The van der Waals surface area contributed by atoms with Crippen molar-refractivity contribution in [3.63, 3.8) is 0 Å². The molecule has 4 rings (SSSR count). The van der Waals surface area contributed by atoms with Crippen LogP contribution in [0, 0.1) is 10.1 Å². The van der Waals surface area contributed by atoms with Gasteiger partial charge in [-0.25, -0.2) is 0 Å². The first-order valence-corrected chi connectivity index (χ1v) is 10.5. The van der Waals surface area contributed by atoms with Crippen LogP contribution in [0.15, 0.2) is 23.4 Å². The monoisotopic (exact) mass is 418 g/mol. The minimum atomic E-state index is -0.412. The quantitative estimate of drug-likeness (QED) is 0.397. The number of carbonyl (C=O) groups excluding carboxylic acids is 1. The maximum atomic E-state index is 12.8. The summed E-state index contributed by atoms with van der Waals surface area (Å²) in [5.74, 6) is 1.00. The van der Waals surface area contributed by atoms with Crippen LogP contribution in [-0.2, 0) is 22.5 Å². The number of fused-ring (bicyclic) bond motifs is 1. The predicted molar refractivity (Wildman–Crippen MR) is 109 cm³/mol. The molecule has 0 unspecified atom stereocenters. The third kappa shape index (κ3) is 3.92. The minimum Gasteiger partial charge on any atom is -0.378 e. The van der Waals surface area contributed by atoms with Crippen molar-refractivity contribution in [2.45, 2.75) is 25.0 Å². The first-order chi connectivity index (χ1) is 14.1. The Morgan fingerprint density at radius 1 is 1.28 bits per heavy atom. The van der Waals surface area contributed by atoms with Gasteiger partial charge in [-0.05, 0) is 25.0 Å². The van der Waals surface area contributed by atoms with Gasteiger partial charge in [0.05, 0.1) is 23.9 Å². The third-order valence-electron chi connectivity index (χ3n) is 5.10. The molecule has 2 aromatic rings. The second kappa shape index (κ2) is 8.37. The van der Waals surface area contributed by atoms with Crippen LogP contribution in [0.1, 0.15) is 12.5 Å². The predicted octanol–water partition coefficient (Wildman–Crippen LogP) is 1.72. The lowest BCUT2D eigenvalue weighted by Gasteiger charge is -2.27. The van der Waals surface area contributed by atoms with Gasteiger partial charge in [0, 0.05) is 44.0 Å². The van der Waals surface area contributed by atoms with Crippen LogP contribution in [-0.4, -0.2) is 64.2 Å². The van der Waals surface area contributed by atoms with Crippen molar-refractivity contribution in [2.75, 3.05) is 48.4 Å². The number of thioether (sulfide) groups is 1. The minimum absolute atomic E-state index is 0.0406. The molecular formula is C18H22N6O4S. The van der Waals surface area contributed by atoms with E-state index >= 15 is 0 Å². The first kappa shape index (κ1) is 19.6. The van der Waals surface area contributed by atoms with Gasteiger partial charge in [-0.1, -0.05) is 11.8 Å². The summed E-state index contributed by atoms with van der Waals surface area (Å²) in [4.78, 5) is 27.2. The van der Waals surface area contributed by atoms with Gasteiger partial charge in [0.15, 0.2) is 5.16 Å². The molecule has 3 heterocycles. The standard InChI is InChI=1S/C18H22N6O4S/c1-2-22-17(21-7-9-28-10-8-21)19-20-18(22)29-12-16(25)23-6-5-13-11-14(24(26)27)3-4-15(13)23/h3-4,11H,2,5-10,12H2,1H3. The van der Waals surface area contributed by atoms with Gasteiger partial charge in [-0.3, -0.25) is 19.5 Å². The third-order valence-corrected chi connectivity index (χ3v) is 6.05. The van der Waals surface area contributed by atoms with E-state index in [2.05, 4.69) is 15.1 Å². The molecule has 0 spiro atoms. The highest BCUT2D eigenvalue weighted by atomic mass is 32.2. The summed E-state index contributed by atoms with van der Waals surface area (Å²) in [7, 11) is 0. The number of non-ortho nitro benzene ring substituents is 1. The Kier molecular flexibility index (Phi) is 5.67. The van der Waals surface area contributed by atoms with Crippen molar-refractivity contribution in [1.82, 2.24) is 14.8 Å². The van der Waals surface area contributed by atoms with Gasteiger partial charge in [-0.2, -0.15) is 0 Å². The fourth-order valence-corrected chi connectivity index (χ4v) is 4.50. The number of nitrogens with zero attached hydrogens (tertiary/aromatic N) is 6. The van der Waals surface area contributed by atoms with E-state index < -0.39 is 4.92 Å². The molecule has 0 radical (unpaired) electrons. The van der Waals surface area contributed by atoms with Crippen molar-refractivity contribution in [2.24, 2.45) is 0 Å². The molecule has 10 nitrogen and oxygen atoms in total. The number of aromatic nitrogens is 3. The number of anilines is 2. The zero-order valence-electron chi connectivity index (χ0n) is 16.1. The number of hydrogen-bond acceptors (Lipinski definition) is 8. The Bertz CT molecular complexity index is 927. The van der Waals surface area contributed by atoms with E-state index in [-0.39, 0.29) is 17.3 Å². The zero-order valence-corrected chi connectivity index (χ0v) is 16.9. The highest BCUT2D eigenvalue weighted by molar-refractivity contribution is 7.99. The molecule has 11 heteroatoms. The molecule has 1 aromatic heterocycles. The van der Waals surface area contributed by atoms with Crippen molar-refractivity contribution in [3.05, 3.63) is 33.9 Å². The lowest BCUT2D eigenvalue weighted by molar-refractivity contribution is -0.384. The van der Waals surface area contributed by atoms with Crippen LogP contribution in [0.2, 0.25) is 0 Å². The molecular weight excluding hydrogens is 396 g/mol. The lowest BCUT2D eigenvalue weighted by atomic mass is 10.1. The van der Waals surface area contributed by atoms with Crippen LogP contribution in [0.5, 0.6) is 0 Å². The highest BCUT2D eigenvalue weighted by Crippen LogP contribution is 2.32. The average molecular weight is 418 g/mol. The highest BCUT2D eigenvalue weighted by Gasteiger charge is 2.27. The van der Waals surface area contributed by atoms with E-state index in [0.29, 0.717) is 37.9 Å². The van der Waals surface area contributed by atoms with Crippen LogP contribution >= 0.6 is 11.8 Å². The van der Waals surface area contributed by atoms with Crippen molar-refractivity contribution in [1.29, 1.82) is 0 Å². The van der Waals surface area contributed by atoms with Crippen LogP contribution < -0.4 is 9.80 Å². The van der Waals surface area contributed by atoms with Crippen molar-refractivity contribution < 1.29 is 14.5 Å². The number of ether oxygens (including phenoxy) is 1. The maximum absolute atomic E-state index is 12.8.